The van der Waals surface area contributed by atoms with Gasteiger partial charge in [-0.2, -0.15) is 0 Å². The number of hydrogen-bond donors (Lipinski definition) is 2. The summed E-state index contributed by atoms with van der Waals surface area (Å²) in [4.78, 5) is 0. The summed E-state index contributed by atoms with van der Waals surface area (Å²) < 4.78 is 0. The number of nitrogens with one attached hydrogen (secondary N) is 2. The minimum Gasteiger partial charge on any atom is -0.328 e. The normalized spacial score (nSPS) is 29.1. The third-order valence-corrected chi connectivity index (χ3v) is 3.43. The first-order chi connectivity index (χ1) is 7.31. The first kappa shape index (κ1) is 8.98. The summed E-state index contributed by atoms with van der Waals surface area (Å²) in [6, 6.07) is 8.79. The van der Waals surface area contributed by atoms with Crippen LogP contribution in [0.5, 0.6) is 0 Å². The fourth-order valence-corrected chi connectivity index (χ4v) is 2.46. The van der Waals surface area contributed by atoms with Crippen LogP contribution in [-0.2, 0) is 5.54 Å². The molecule has 1 aliphatic carbocycles. The molecule has 2 N–H and O–H groups in total. The quantitative estimate of drug-likeness (QED) is 0.765. The van der Waals surface area contributed by atoms with Gasteiger partial charge in [0.1, 0.15) is 0 Å². The van der Waals surface area contributed by atoms with Crippen molar-refractivity contribution in [2.45, 2.75) is 25.3 Å². The molecule has 0 radical (unpaired) electrons. The summed E-state index contributed by atoms with van der Waals surface area (Å²) in [5.74, 6) is 0.755. The molecule has 1 aromatic rings. The Morgan fingerprint density at radius 2 is 2.20 bits per heavy atom. The Balaban J connectivity index is 2.05. The van der Waals surface area contributed by atoms with E-state index in [9.17, 15) is 0 Å². The predicted octanol–water partition coefficient (Wildman–Crippen LogP) is 2.22. The summed E-state index contributed by atoms with van der Waals surface area (Å²) in [6.45, 7) is 2.15. The van der Waals surface area contributed by atoms with Gasteiger partial charge in [-0.25, -0.2) is 5.43 Å². The maximum absolute atomic E-state index is 3.41. The zero-order valence-corrected chi connectivity index (χ0v) is 8.96. The number of rotatable bonds is 2. The maximum Gasteiger partial charge on any atom is 0.0844 e. The molecule has 3 rings (SSSR count). The van der Waals surface area contributed by atoms with E-state index in [1.54, 1.807) is 0 Å². The molecular weight excluding hydrogens is 184 g/mol. The second kappa shape index (κ2) is 3.11. The van der Waals surface area contributed by atoms with Crippen molar-refractivity contribution in [2.75, 3.05) is 0 Å². The van der Waals surface area contributed by atoms with E-state index in [1.807, 2.05) is 6.20 Å². The Morgan fingerprint density at radius 1 is 1.33 bits per heavy atom. The van der Waals surface area contributed by atoms with Crippen LogP contribution in [0, 0.1) is 12.8 Å². The Labute approximate surface area is 90.4 Å². The molecule has 1 atom stereocenters. The topological polar surface area (TPSA) is 24.1 Å². The van der Waals surface area contributed by atoms with Crippen LogP contribution in [0.15, 0.2) is 36.5 Å². The number of aryl methyl sites for hydroxylation is 1. The molecule has 15 heavy (non-hydrogen) atoms. The van der Waals surface area contributed by atoms with E-state index in [2.05, 4.69) is 48.1 Å². The zero-order valence-electron chi connectivity index (χ0n) is 8.96. The van der Waals surface area contributed by atoms with Gasteiger partial charge in [-0.1, -0.05) is 29.8 Å². The van der Waals surface area contributed by atoms with Crippen molar-refractivity contribution in [3.05, 3.63) is 47.7 Å². The molecular formula is C13H16N2. The van der Waals surface area contributed by atoms with Crippen LogP contribution < -0.4 is 10.9 Å². The maximum atomic E-state index is 3.41. The highest BCUT2D eigenvalue weighted by molar-refractivity contribution is 5.36. The number of hydrazine groups is 1. The average molecular weight is 200 g/mol. The van der Waals surface area contributed by atoms with Gasteiger partial charge in [-0.3, -0.25) is 0 Å². The number of benzene rings is 1. The third-order valence-electron chi connectivity index (χ3n) is 3.43. The highest BCUT2D eigenvalue weighted by Crippen LogP contribution is 2.47. The molecule has 1 unspecified atom stereocenters. The monoisotopic (exact) mass is 200 g/mol. The molecule has 0 amide bonds. The van der Waals surface area contributed by atoms with Crippen LogP contribution in [0.1, 0.15) is 24.0 Å². The van der Waals surface area contributed by atoms with Gasteiger partial charge in [0, 0.05) is 6.20 Å². The summed E-state index contributed by atoms with van der Waals surface area (Å²) in [5, 5.41) is 0. The highest BCUT2D eigenvalue weighted by Gasteiger charge is 2.46. The molecule has 1 aliphatic heterocycles. The third kappa shape index (κ3) is 1.37. The lowest BCUT2D eigenvalue weighted by atomic mass is 9.85. The standard InChI is InChI=1S/C13H16N2/c1-10-3-2-4-12(9-10)13(11-5-6-11)7-8-14-15-13/h2-4,7-9,11,14-15H,5-6H2,1H3. The van der Waals surface area contributed by atoms with E-state index in [1.165, 1.54) is 24.0 Å². The lowest BCUT2D eigenvalue weighted by molar-refractivity contribution is 0.366. The van der Waals surface area contributed by atoms with E-state index in [0.717, 1.165) is 5.92 Å². The second-order valence-electron chi connectivity index (χ2n) is 4.62. The Morgan fingerprint density at radius 3 is 2.80 bits per heavy atom. The van der Waals surface area contributed by atoms with Crippen LogP contribution in [-0.4, -0.2) is 0 Å². The van der Waals surface area contributed by atoms with Gasteiger partial charge < -0.3 is 5.43 Å². The van der Waals surface area contributed by atoms with Crippen molar-refractivity contribution in [2.24, 2.45) is 5.92 Å². The van der Waals surface area contributed by atoms with Crippen molar-refractivity contribution in [3.63, 3.8) is 0 Å². The van der Waals surface area contributed by atoms with E-state index in [-0.39, 0.29) is 5.54 Å². The van der Waals surface area contributed by atoms with Crippen LogP contribution in [0.3, 0.4) is 0 Å². The molecule has 1 aromatic carbocycles. The fraction of sp³-hybridized carbons (Fsp3) is 0.385. The van der Waals surface area contributed by atoms with E-state index in [4.69, 9.17) is 0 Å². The van der Waals surface area contributed by atoms with Gasteiger partial charge in [0.25, 0.3) is 0 Å². The Bertz CT molecular complexity index is 407. The van der Waals surface area contributed by atoms with Gasteiger partial charge in [0.2, 0.25) is 0 Å². The SMILES string of the molecule is Cc1cccc(C2(C3CC3)C=CNN2)c1. The van der Waals surface area contributed by atoms with E-state index < -0.39 is 0 Å². The van der Waals surface area contributed by atoms with Crippen LogP contribution in [0.25, 0.3) is 0 Å². The Kier molecular flexibility index (Phi) is 1.86. The molecule has 2 heteroatoms. The molecule has 1 saturated carbocycles. The van der Waals surface area contributed by atoms with Crippen LogP contribution >= 0.6 is 0 Å². The largest absolute Gasteiger partial charge is 0.328 e. The first-order valence-corrected chi connectivity index (χ1v) is 5.59. The average Bonchev–Trinajstić information content (AvgIpc) is 2.98. The van der Waals surface area contributed by atoms with Gasteiger partial charge in [-0.15, -0.1) is 0 Å². The second-order valence-corrected chi connectivity index (χ2v) is 4.62. The fourth-order valence-electron chi connectivity index (χ4n) is 2.46. The van der Waals surface area contributed by atoms with Crippen molar-refractivity contribution < 1.29 is 0 Å². The molecule has 2 aliphatic rings. The van der Waals surface area contributed by atoms with Crippen LogP contribution in [0.2, 0.25) is 0 Å². The summed E-state index contributed by atoms with van der Waals surface area (Å²) >= 11 is 0. The van der Waals surface area contributed by atoms with E-state index in [0.29, 0.717) is 0 Å². The van der Waals surface area contributed by atoms with Gasteiger partial charge in [0.15, 0.2) is 0 Å². The van der Waals surface area contributed by atoms with Gasteiger partial charge in [0.05, 0.1) is 5.54 Å². The molecule has 1 heterocycles. The van der Waals surface area contributed by atoms with Gasteiger partial charge in [-0.05, 0) is 37.3 Å². The minimum absolute atomic E-state index is 0.0476. The first-order valence-electron chi connectivity index (χ1n) is 5.59. The van der Waals surface area contributed by atoms with E-state index >= 15 is 0 Å². The molecule has 0 spiro atoms. The smallest absolute Gasteiger partial charge is 0.0844 e. The molecule has 0 aromatic heterocycles. The zero-order chi connectivity index (χ0) is 10.3. The highest BCUT2D eigenvalue weighted by atomic mass is 15.4. The Hall–Kier alpha value is -1.28. The van der Waals surface area contributed by atoms with Crippen LogP contribution in [0.4, 0.5) is 0 Å². The lowest BCUT2D eigenvalue weighted by Crippen LogP contribution is -2.43. The minimum atomic E-state index is 0.0476. The number of hydrogen-bond acceptors (Lipinski definition) is 2. The summed E-state index contributed by atoms with van der Waals surface area (Å²) in [7, 11) is 0. The van der Waals surface area contributed by atoms with Crippen molar-refractivity contribution >= 4 is 0 Å². The van der Waals surface area contributed by atoms with Gasteiger partial charge >= 0.3 is 0 Å². The summed E-state index contributed by atoms with van der Waals surface area (Å²) in [5.41, 5.74) is 9.29. The predicted molar refractivity (Wildman–Crippen MR) is 61.0 cm³/mol. The van der Waals surface area contributed by atoms with Crippen molar-refractivity contribution in [1.29, 1.82) is 0 Å². The molecule has 1 fully saturated rings. The van der Waals surface area contributed by atoms with Crippen molar-refractivity contribution in [3.8, 4) is 0 Å². The molecule has 2 nitrogen and oxygen atoms in total. The molecule has 0 bridgehead atoms. The van der Waals surface area contributed by atoms with Crippen molar-refractivity contribution in [1.82, 2.24) is 10.9 Å². The molecule has 78 valence electrons. The molecule has 0 saturated heterocycles. The summed E-state index contributed by atoms with van der Waals surface area (Å²) in [6.07, 6.45) is 6.93. The lowest BCUT2D eigenvalue weighted by Gasteiger charge is -2.28.